The maximum Gasteiger partial charge on any atom is 0.133 e. The summed E-state index contributed by atoms with van der Waals surface area (Å²) in [7, 11) is 2.15. The van der Waals surface area contributed by atoms with Crippen molar-refractivity contribution >= 4 is 5.82 Å². The summed E-state index contributed by atoms with van der Waals surface area (Å²) in [6.45, 7) is 1.04. The molecule has 0 saturated heterocycles. The fourth-order valence-electron chi connectivity index (χ4n) is 3.13. The van der Waals surface area contributed by atoms with Crippen LogP contribution in [-0.2, 0) is 5.41 Å². The van der Waals surface area contributed by atoms with Gasteiger partial charge in [-0.25, -0.2) is 9.97 Å². The van der Waals surface area contributed by atoms with Crippen LogP contribution in [0.1, 0.15) is 43.0 Å². The summed E-state index contributed by atoms with van der Waals surface area (Å²) in [6, 6.07) is 12.9. The molecule has 4 rings (SSSR count). The van der Waals surface area contributed by atoms with Crippen molar-refractivity contribution in [1.82, 2.24) is 9.97 Å². The van der Waals surface area contributed by atoms with Crippen molar-refractivity contribution in [1.29, 1.82) is 0 Å². The Morgan fingerprint density at radius 1 is 1.14 bits per heavy atom. The number of hydrogen-bond donors (Lipinski definition) is 0. The van der Waals surface area contributed by atoms with E-state index in [1.807, 2.05) is 12.3 Å². The van der Waals surface area contributed by atoms with Gasteiger partial charge >= 0.3 is 0 Å². The van der Waals surface area contributed by atoms with Gasteiger partial charge in [0, 0.05) is 31.1 Å². The maximum atomic E-state index is 4.76. The van der Waals surface area contributed by atoms with Crippen LogP contribution in [0.25, 0.3) is 0 Å². The predicted molar refractivity (Wildman–Crippen MR) is 84.6 cm³/mol. The fourth-order valence-corrected chi connectivity index (χ4v) is 3.13. The number of hydrogen-bond acceptors (Lipinski definition) is 3. The molecule has 2 aliphatic rings. The molecule has 2 aliphatic carbocycles. The zero-order chi connectivity index (χ0) is 14.3. The second kappa shape index (κ2) is 4.83. The van der Waals surface area contributed by atoms with Crippen molar-refractivity contribution in [2.24, 2.45) is 0 Å². The molecule has 0 atom stereocenters. The molecule has 0 aliphatic heterocycles. The standard InChI is InChI=1S/C18H21N3/c1-21(16-9-12-19-17(20-16)14-7-8-14)13-18(10-11-18)15-5-3-2-4-6-15/h2-6,9,12,14H,7-8,10-11,13H2,1H3. The highest BCUT2D eigenvalue weighted by Gasteiger charge is 2.45. The Kier molecular flexibility index (Phi) is 2.95. The van der Waals surface area contributed by atoms with Gasteiger partial charge in [0.05, 0.1) is 0 Å². The van der Waals surface area contributed by atoms with Crippen LogP contribution in [0, 0.1) is 0 Å². The van der Waals surface area contributed by atoms with Crippen LogP contribution in [0.3, 0.4) is 0 Å². The van der Waals surface area contributed by atoms with Gasteiger partial charge in [0.2, 0.25) is 0 Å². The molecule has 1 heterocycles. The maximum absolute atomic E-state index is 4.76. The van der Waals surface area contributed by atoms with Gasteiger partial charge in [-0.15, -0.1) is 0 Å². The first-order valence-corrected chi connectivity index (χ1v) is 7.86. The van der Waals surface area contributed by atoms with Crippen molar-refractivity contribution in [2.75, 3.05) is 18.5 Å². The van der Waals surface area contributed by atoms with E-state index in [-0.39, 0.29) is 0 Å². The third-order valence-electron chi connectivity index (χ3n) is 4.77. The second-order valence-corrected chi connectivity index (χ2v) is 6.55. The van der Waals surface area contributed by atoms with Gasteiger partial charge in [0.15, 0.2) is 0 Å². The first-order valence-electron chi connectivity index (χ1n) is 7.86. The SMILES string of the molecule is CN(CC1(c2ccccc2)CC1)c1ccnc(C2CC2)n1. The summed E-state index contributed by atoms with van der Waals surface area (Å²) < 4.78 is 0. The highest BCUT2D eigenvalue weighted by atomic mass is 15.2. The minimum atomic E-state index is 0.334. The average Bonchev–Trinajstić information content (AvgIpc) is 3.43. The zero-order valence-electron chi connectivity index (χ0n) is 12.5. The fraction of sp³-hybridized carbons (Fsp3) is 0.444. The van der Waals surface area contributed by atoms with E-state index in [9.17, 15) is 0 Å². The first-order chi connectivity index (χ1) is 10.3. The van der Waals surface area contributed by atoms with Crippen LogP contribution in [0.2, 0.25) is 0 Å². The van der Waals surface area contributed by atoms with Gasteiger partial charge in [-0.1, -0.05) is 30.3 Å². The predicted octanol–water partition coefficient (Wildman–Crippen LogP) is 3.52. The number of benzene rings is 1. The van der Waals surface area contributed by atoms with E-state index < -0.39 is 0 Å². The Balaban J connectivity index is 1.53. The van der Waals surface area contributed by atoms with E-state index in [2.05, 4.69) is 47.3 Å². The number of aromatic nitrogens is 2. The minimum Gasteiger partial charge on any atom is -0.359 e. The molecule has 0 radical (unpaired) electrons. The summed E-state index contributed by atoms with van der Waals surface area (Å²) in [4.78, 5) is 11.5. The van der Waals surface area contributed by atoms with Crippen molar-refractivity contribution in [3.63, 3.8) is 0 Å². The monoisotopic (exact) mass is 279 g/mol. The molecule has 2 fully saturated rings. The Morgan fingerprint density at radius 3 is 2.57 bits per heavy atom. The molecule has 0 bridgehead atoms. The van der Waals surface area contributed by atoms with Crippen LogP contribution < -0.4 is 4.90 Å². The quantitative estimate of drug-likeness (QED) is 0.838. The van der Waals surface area contributed by atoms with Crippen LogP contribution in [0.5, 0.6) is 0 Å². The summed E-state index contributed by atoms with van der Waals surface area (Å²) in [6.07, 6.45) is 6.97. The molecule has 2 saturated carbocycles. The topological polar surface area (TPSA) is 29.0 Å². The number of likely N-dealkylation sites (N-methyl/N-ethyl adjacent to an activating group) is 1. The van der Waals surface area contributed by atoms with Gasteiger partial charge in [-0.2, -0.15) is 0 Å². The average molecular weight is 279 g/mol. The number of anilines is 1. The lowest BCUT2D eigenvalue weighted by molar-refractivity contribution is 0.666. The molecule has 108 valence electrons. The highest BCUT2D eigenvalue weighted by Crippen LogP contribution is 2.48. The molecule has 0 N–H and O–H groups in total. The summed E-state index contributed by atoms with van der Waals surface area (Å²) in [5, 5.41) is 0. The number of nitrogens with zero attached hydrogens (tertiary/aromatic N) is 3. The second-order valence-electron chi connectivity index (χ2n) is 6.55. The van der Waals surface area contributed by atoms with Crippen molar-refractivity contribution in [3.05, 3.63) is 54.0 Å². The smallest absolute Gasteiger partial charge is 0.133 e. The van der Waals surface area contributed by atoms with E-state index in [0.717, 1.165) is 18.2 Å². The normalized spacial score (nSPS) is 19.3. The first kappa shape index (κ1) is 12.8. The number of rotatable bonds is 5. The molecule has 3 heteroatoms. The van der Waals surface area contributed by atoms with Crippen molar-refractivity contribution < 1.29 is 0 Å². The largest absolute Gasteiger partial charge is 0.359 e. The van der Waals surface area contributed by atoms with E-state index in [1.54, 1.807) is 0 Å². The van der Waals surface area contributed by atoms with Gasteiger partial charge < -0.3 is 4.90 Å². The van der Waals surface area contributed by atoms with Crippen LogP contribution >= 0.6 is 0 Å². The lowest BCUT2D eigenvalue weighted by atomic mass is 9.95. The Morgan fingerprint density at radius 2 is 1.90 bits per heavy atom. The molecule has 0 amide bonds. The molecule has 3 nitrogen and oxygen atoms in total. The van der Waals surface area contributed by atoms with E-state index >= 15 is 0 Å². The van der Waals surface area contributed by atoms with E-state index in [4.69, 9.17) is 4.98 Å². The molecule has 0 unspecified atom stereocenters. The highest BCUT2D eigenvalue weighted by molar-refractivity contribution is 5.41. The lowest BCUT2D eigenvalue weighted by Crippen LogP contribution is -2.30. The van der Waals surface area contributed by atoms with Crippen molar-refractivity contribution in [2.45, 2.75) is 37.0 Å². The molecule has 2 aromatic rings. The van der Waals surface area contributed by atoms with Gasteiger partial charge in [0.25, 0.3) is 0 Å². The molecular weight excluding hydrogens is 258 g/mol. The Hall–Kier alpha value is -1.90. The Labute approximate surface area is 126 Å². The van der Waals surface area contributed by atoms with E-state index in [0.29, 0.717) is 11.3 Å². The molecule has 1 aromatic carbocycles. The van der Waals surface area contributed by atoms with Crippen LogP contribution in [0.4, 0.5) is 5.82 Å². The summed E-state index contributed by atoms with van der Waals surface area (Å²) >= 11 is 0. The molecular formula is C18H21N3. The minimum absolute atomic E-state index is 0.334. The lowest BCUT2D eigenvalue weighted by Gasteiger charge is -2.25. The Bertz CT molecular complexity index is 630. The van der Waals surface area contributed by atoms with Gasteiger partial charge in [0.1, 0.15) is 11.6 Å². The summed E-state index contributed by atoms with van der Waals surface area (Å²) in [5.41, 5.74) is 1.80. The van der Waals surface area contributed by atoms with Crippen LogP contribution in [-0.4, -0.2) is 23.6 Å². The van der Waals surface area contributed by atoms with Crippen LogP contribution in [0.15, 0.2) is 42.6 Å². The van der Waals surface area contributed by atoms with E-state index in [1.165, 1.54) is 31.2 Å². The molecule has 21 heavy (non-hydrogen) atoms. The third-order valence-corrected chi connectivity index (χ3v) is 4.77. The summed E-state index contributed by atoms with van der Waals surface area (Å²) in [5.74, 6) is 2.71. The van der Waals surface area contributed by atoms with Gasteiger partial charge in [-0.3, -0.25) is 0 Å². The molecule has 0 spiro atoms. The van der Waals surface area contributed by atoms with Crippen molar-refractivity contribution in [3.8, 4) is 0 Å². The third kappa shape index (κ3) is 2.53. The van der Waals surface area contributed by atoms with Gasteiger partial charge in [-0.05, 0) is 37.3 Å². The zero-order valence-corrected chi connectivity index (χ0v) is 12.5. The molecule has 1 aromatic heterocycles.